The van der Waals surface area contributed by atoms with Gasteiger partial charge in [-0.2, -0.15) is 0 Å². The molecule has 6 nitrogen and oxygen atoms in total. The number of nitrogens with zero attached hydrogens (tertiary/aromatic N) is 1. The van der Waals surface area contributed by atoms with Crippen LogP contribution in [0.5, 0.6) is 0 Å². The number of aryl methyl sites for hydroxylation is 1. The van der Waals surface area contributed by atoms with Crippen molar-refractivity contribution < 1.29 is 18.0 Å². The molecule has 1 saturated heterocycles. The van der Waals surface area contributed by atoms with E-state index in [2.05, 4.69) is 0 Å². The molecule has 1 aliphatic rings. The van der Waals surface area contributed by atoms with Crippen molar-refractivity contribution in [3.63, 3.8) is 0 Å². The largest absolute Gasteiger partial charge is 0.368 e. The lowest BCUT2D eigenvalue weighted by Crippen LogP contribution is -2.43. The van der Waals surface area contributed by atoms with Gasteiger partial charge in [0.1, 0.15) is 6.04 Å². The zero-order valence-electron chi connectivity index (χ0n) is 12.0. The first kappa shape index (κ1) is 15.5. The summed E-state index contributed by atoms with van der Waals surface area (Å²) in [5.74, 6) is -0.878. The quantitative estimate of drug-likeness (QED) is 0.878. The van der Waals surface area contributed by atoms with Crippen LogP contribution in [0.2, 0.25) is 0 Å². The highest BCUT2D eigenvalue weighted by atomic mass is 32.2. The first-order valence-electron chi connectivity index (χ1n) is 6.63. The number of hydrogen-bond acceptors (Lipinski definition) is 4. The number of carbonyl (C=O) groups excluding carboxylic acids is 2. The lowest BCUT2D eigenvalue weighted by Gasteiger charge is -2.23. The molecule has 0 aliphatic carbocycles. The molecule has 2 amide bonds. The SMILES string of the molecule is Cc1ccc(S(C)(=O)=O)cc1C(=O)N1CCC[C@@H]1C(N)=O. The summed E-state index contributed by atoms with van der Waals surface area (Å²) in [7, 11) is -3.39. The van der Waals surface area contributed by atoms with Crippen molar-refractivity contribution in [3.05, 3.63) is 29.3 Å². The third kappa shape index (κ3) is 3.07. The Balaban J connectivity index is 2.41. The fourth-order valence-electron chi connectivity index (χ4n) is 2.52. The van der Waals surface area contributed by atoms with Crippen LogP contribution in [0.4, 0.5) is 0 Å². The van der Waals surface area contributed by atoms with E-state index >= 15 is 0 Å². The molecule has 1 aromatic rings. The molecule has 7 heteroatoms. The van der Waals surface area contributed by atoms with Crippen LogP contribution < -0.4 is 5.73 Å². The van der Waals surface area contributed by atoms with Crippen LogP contribution in [-0.2, 0) is 14.6 Å². The van der Waals surface area contributed by atoms with Gasteiger partial charge in [0, 0.05) is 18.4 Å². The van der Waals surface area contributed by atoms with E-state index in [0.717, 1.165) is 6.26 Å². The van der Waals surface area contributed by atoms with Gasteiger partial charge in [-0.25, -0.2) is 8.42 Å². The highest BCUT2D eigenvalue weighted by Gasteiger charge is 2.33. The summed E-state index contributed by atoms with van der Waals surface area (Å²) in [5, 5.41) is 0. The molecule has 0 aromatic heterocycles. The number of nitrogens with two attached hydrogens (primary N) is 1. The number of sulfone groups is 1. The first-order chi connectivity index (χ1) is 9.71. The van der Waals surface area contributed by atoms with Gasteiger partial charge in [-0.1, -0.05) is 6.07 Å². The third-order valence-corrected chi connectivity index (χ3v) is 4.82. The number of primary amides is 1. The van der Waals surface area contributed by atoms with E-state index in [1.165, 1.54) is 17.0 Å². The van der Waals surface area contributed by atoms with Gasteiger partial charge in [0.25, 0.3) is 5.91 Å². The minimum atomic E-state index is -3.39. The summed E-state index contributed by atoms with van der Waals surface area (Å²) in [6, 6.07) is 3.82. The summed E-state index contributed by atoms with van der Waals surface area (Å²) in [5.41, 5.74) is 6.28. The smallest absolute Gasteiger partial charge is 0.254 e. The van der Waals surface area contributed by atoms with Crippen LogP contribution in [0.25, 0.3) is 0 Å². The third-order valence-electron chi connectivity index (χ3n) is 3.71. The Kier molecular flexibility index (Phi) is 4.04. The Labute approximate surface area is 123 Å². The summed E-state index contributed by atoms with van der Waals surface area (Å²) in [6.07, 6.45) is 2.35. The number of amides is 2. The number of hydrogen-bond donors (Lipinski definition) is 1. The standard InChI is InChI=1S/C14H18N2O4S/c1-9-5-6-10(21(2,19)20)8-11(9)14(18)16-7-3-4-12(16)13(15)17/h5-6,8,12H,3-4,7H2,1-2H3,(H2,15,17)/t12-/m1/s1. The van der Waals surface area contributed by atoms with Gasteiger partial charge in [0.05, 0.1) is 4.90 Å². The minimum Gasteiger partial charge on any atom is -0.368 e. The molecule has 1 fully saturated rings. The minimum absolute atomic E-state index is 0.0891. The Hall–Kier alpha value is -1.89. The molecule has 0 saturated carbocycles. The fraction of sp³-hybridized carbons (Fsp3) is 0.429. The topological polar surface area (TPSA) is 97.5 Å². The van der Waals surface area contributed by atoms with Crippen LogP contribution in [0.15, 0.2) is 23.1 Å². The maximum absolute atomic E-state index is 12.6. The van der Waals surface area contributed by atoms with Crippen molar-refractivity contribution in [2.24, 2.45) is 5.73 Å². The van der Waals surface area contributed by atoms with Gasteiger partial charge < -0.3 is 10.6 Å². The predicted octanol–water partition coefficient (Wildman–Crippen LogP) is 0.488. The van der Waals surface area contributed by atoms with E-state index in [1.807, 2.05) is 0 Å². The zero-order chi connectivity index (χ0) is 15.8. The Bertz CT molecular complexity index is 697. The second-order valence-corrected chi connectivity index (χ2v) is 7.32. The molecule has 0 radical (unpaired) electrons. The number of benzene rings is 1. The number of likely N-dealkylation sites (tertiary alicyclic amines) is 1. The average molecular weight is 310 g/mol. The van der Waals surface area contributed by atoms with Crippen LogP contribution in [0.3, 0.4) is 0 Å². The number of carbonyl (C=O) groups is 2. The summed E-state index contributed by atoms with van der Waals surface area (Å²) < 4.78 is 23.2. The van der Waals surface area contributed by atoms with E-state index in [-0.39, 0.29) is 10.8 Å². The van der Waals surface area contributed by atoms with Crippen molar-refractivity contribution in [1.29, 1.82) is 0 Å². The maximum atomic E-state index is 12.6. The molecule has 1 aliphatic heterocycles. The van der Waals surface area contributed by atoms with Gasteiger partial charge in [-0.05, 0) is 37.5 Å². The van der Waals surface area contributed by atoms with Crippen molar-refractivity contribution in [1.82, 2.24) is 4.90 Å². The monoisotopic (exact) mass is 310 g/mol. The van der Waals surface area contributed by atoms with E-state index in [0.29, 0.717) is 30.5 Å². The van der Waals surface area contributed by atoms with Crippen LogP contribution in [-0.4, -0.2) is 44.0 Å². The van der Waals surface area contributed by atoms with Crippen LogP contribution >= 0.6 is 0 Å². The Morgan fingerprint density at radius 2 is 2.00 bits per heavy atom. The van der Waals surface area contributed by atoms with E-state index in [1.54, 1.807) is 13.0 Å². The Morgan fingerprint density at radius 1 is 1.33 bits per heavy atom. The van der Waals surface area contributed by atoms with Crippen molar-refractivity contribution in [2.45, 2.75) is 30.7 Å². The average Bonchev–Trinajstić information content (AvgIpc) is 2.86. The van der Waals surface area contributed by atoms with Gasteiger partial charge >= 0.3 is 0 Å². The molecule has 114 valence electrons. The van der Waals surface area contributed by atoms with E-state index < -0.39 is 21.8 Å². The second-order valence-electron chi connectivity index (χ2n) is 5.31. The predicted molar refractivity (Wildman–Crippen MR) is 77.5 cm³/mol. The van der Waals surface area contributed by atoms with Crippen molar-refractivity contribution in [2.75, 3.05) is 12.8 Å². The van der Waals surface area contributed by atoms with E-state index in [4.69, 9.17) is 5.73 Å². The van der Waals surface area contributed by atoms with E-state index in [9.17, 15) is 18.0 Å². The van der Waals surface area contributed by atoms with Gasteiger partial charge in [-0.3, -0.25) is 9.59 Å². The summed E-state index contributed by atoms with van der Waals surface area (Å²) >= 11 is 0. The first-order valence-corrected chi connectivity index (χ1v) is 8.52. The van der Waals surface area contributed by atoms with Gasteiger partial charge in [-0.15, -0.1) is 0 Å². The lowest BCUT2D eigenvalue weighted by atomic mass is 10.1. The van der Waals surface area contributed by atoms with Crippen molar-refractivity contribution >= 4 is 21.7 Å². The van der Waals surface area contributed by atoms with Crippen LogP contribution in [0, 0.1) is 6.92 Å². The fourth-order valence-corrected chi connectivity index (χ4v) is 3.17. The van der Waals surface area contributed by atoms with Gasteiger partial charge in [0.15, 0.2) is 9.84 Å². The molecule has 0 unspecified atom stereocenters. The summed E-state index contributed by atoms with van der Waals surface area (Å²) in [6.45, 7) is 2.18. The lowest BCUT2D eigenvalue weighted by molar-refractivity contribution is -0.121. The summed E-state index contributed by atoms with van der Waals surface area (Å²) in [4.78, 5) is 25.5. The molecule has 21 heavy (non-hydrogen) atoms. The molecular weight excluding hydrogens is 292 g/mol. The normalized spacial score (nSPS) is 18.8. The molecule has 2 N–H and O–H groups in total. The molecule has 1 atom stereocenters. The molecule has 0 bridgehead atoms. The molecule has 2 rings (SSSR count). The number of rotatable bonds is 3. The molecular formula is C14H18N2O4S. The highest BCUT2D eigenvalue weighted by Crippen LogP contribution is 2.23. The second kappa shape index (κ2) is 5.48. The molecule has 0 spiro atoms. The van der Waals surface area contributed by atoms with Crippen molar-refractivity contribution in [3.8, 4) is 0 Å². The van der Waals surface area contributed by atoms with Gasteiger partial charge in [0.2, 0.25) is 5.91 Å². The highest BCUT2D eigenvalue weighted by molar-refractivity contribution is 7.90. The van der Waals surface area contributed by atoms with Crippen LogP contribution in [0.1, 0.15) is 28.8 Å². The zero-order valence-corrected chi connectivity index (χ0v) is 12.8. The maximum Gasteiger partial charge on any atom is 0.254 e. The Morgan fingerprint density at radius 3 is 2.57 bits per heavy atom. The molecule has 1 heterocycles. The molecule has 1 aromatic carbocycles.